The summed E-state index contributed by atoms with van der Waals surface area (Å²) in [6.07, 6.45) is -5.82. The summed E-state index contributed by atoms with van der Waals surface area (Å²) in [5.74, 6) is 0. The molecule has 0 spiro atoms. The summed E-state index contributed by atoms with van der Waals surface area (Å²) in [5.41, 5.74) is -2.65. The Morgan fingerprint density at radius 2 is 1.94 bits per heavy atom. The maximum absolute atomic E-state index is 13.2. The van der Waals surface area contributed by atoms with Gasteiger partial charge in [-0.1, -0.05) is 12.1 Å². The van der Waals surface area contributed by atoms with Crippen LogP contribution in [0.1, 0.15) is 13.8 Å². The monoisotopic (exact) mass is 296 g/mol. The quantitative estimate of drug-likeness (QED) is 0.785. The predicted octanol–water partition coefficient (Wildman–Crippen LogP) is 3.65. The van der Waals surface area contributed by atoms with Gasteiger partial charge in [-0.15, -0.1) is 0 Å². The Morgan fingerprint density at radius 1 is 1.25 bits per heavy atom. The number of para-hydroxylation sites is 1. The van der Waals surface area contributed by atoms with E-state index in [-0.39, 0.29) is 4.60 Å². The first-order valence-electron chi connectivity index (χ1n) is 6.88. The predicted molar refractivity (Wildman–Crippen MR) is 56.3 cm³/mol. The molecule has 0 saturated carbocycles. The highest BCUT2D eigenvalue weighted by molar-refractivity contribution is 9.10. The third-order valence-corrected chi connectivity index (χ3v) is 1.97. The van der Waals surface area contributed by atoms with Gasteiger partial charge in [0.25, 0.3) is 0 Å². The number of alkyl halides is 3. The maximum atomic E-state index is 13.2. The Kier molecular flexibility index (Phi) is 1.44. The zero-order valence-electron chi connectivity index (χ0n) is 13.4. The van der Waals surface area contributed by atoms with Gasteiger partial charge in [-0.3, -0.25) is 0 Å². The number of hydrogen-bond donors (Lipinski definition) is 0. The molecule has 2 aromatic rings. The Morgan fingerprint density at radius 3 is 2.50 bits per heavy atom. The number of rotatable bonds is 1. The molecule has 0 bridgehead atoms. The molecule has 0 fully saturated rings. The van der Waals surface area contributed by atoms with Gasteiger partial charge in [-0.25, -0.2) is 4.68 Å². The van der Waals surface area contributed by atoms with Crippen LogP contribution in [-0.4, -0.2) is 9.78 Å². The van der Waals surface area contributed by atoms with Gasteiger partial charge in [-0.05, 0) is 34.1 Å². The van der Waals surface area contributed by atoms with Crippen LogP contribution in [0.2, 0.25) is 0 Å². The fraction of sp³-hybridized carbons (Fsp3) is 0.100. The van der Waals surface area contributed by atoms with E-state index in [1.807, 2.05) is 0 Å². The van der Waals surface area contributed by atoms with E-state index in [2.05, 4.69) is 21.0 Å². The Bertz CT molecular complexity index is 773. The van der Waals surface area contributed by atoms with Gasteiger partial charge in [0.2, 0.25) is 0 Å². The number of hydrogen-bond acceptors (Lipinski definition) is 1. The zero-order valence-corrected chi connectivity index (χ0v) is 8.99. The highest BCUT2D eigenvalue weighted by Gasteiger charge is 2.33. The van der Waals surface area contributed by atoms with Crippen LogP contribution in [0, 0.1) is 0 Å². The molecule has 0 unspecified atom stereocenters. The molecule has 2 nitrogen and oxygen atoms in total. The van der Waals surface area contributed by atoms with Crippen LogP contribution in [0.5, 0.6) is 0 Å². The van der Waals surface area contributed by atoms with Gasteiger partial charge >= 0.3 is 6.18 Å². The summed E-state index contributed by atoms with van der Waals surface area (Å²) in [6.45, 7) is 0. The molecule has 0 N–H and O–H groups in total. The molecule has 0 aliphatic heterocycles. The van der Waals surface area contributed by atoms with Gasteiger partial charge in [0.15, 0.2) is 0 Å². The zero-order chi connectivity index (χ0) is 17.0. The lowest BCUT2D eigenvalue weighted by atomic mass is 10.2. The highest BCUT2D eigenvalue weighted by Crippen LogP contribution is 2.33. The molecule has 0 saturated heterocycles. The molecular formula is C10H6BrF3N2. The Labute approximate surface area is 106 Å². The van der Waals surface area contributed by atoms with Gasteiger partial charge in [0.05, 0.1) is 19.5 Å². The summed E-state index contributed by atoms with van der Waals surface area (Å²) < 4.78 is 84.8. The van der Waals surface area contributed by atoms with E-state index in [1.165, 1.54) is 0 Å². The van der Waals surface area contributed by atoms with Gasteiger partial charge in [0, 0.05) is 6.17 Å². The van der Waals surface area contributed by atoms with E-state index in [9.17, 15) is 13.2 Å². The van der Waals surface area contributed by atoms with Crippen LogP contribution in [0.4, 0.5) is 13.2 Å². The number of nitrogens with zero attached hydrogens (tertiary/aromatic N) is 2. The highest BCUT2D eigenvalue weighted by atomic mass is 79.9. The van der Waals surface area contributed by atoms with Crippen molar-refractivity contribution in [3.63, 3.8) is 0 Å². The molecule has 0 atom stereocenters. The lowest BCUT2D eigenvalue weighted by molar-refractivity contribution is -0.137. The molecule has 0 radical (unpaired) electrons. The van der Waals surface area contributed by atoms with Crippen LogP contribution in [0.15, 0.2) is 41.0 Å². The minimum absolute atomic E-state index is 0.210. The van der Waals surface area contributed by atoms with Crippen molar-refractivity contribution in [2.75, 3.05) is 0 Å². The third-order valence-electron chi connectivity index (χ3n) is 1.62. The van der Waals surface area contributed by atoms with E-state index >= 15 is 0 Å². The van der Waals surface area contributed by atoms with E-state index in [0.717, 1.165) is 0 Å². The summed E-state index contributed by atoms with van der Waals surface area (Å²) in [5, 5.41) is 3.54. The van der Waals surface area contributed by atoms with Crippen molar-refractivity contribution < 1.29 is 21.4 Å². The minimum Gasteiger partial charge on any atom is -0.239 e. The van der Waals surface area contributed by atoms with Crippen molar-refractivity contribution in [3.05, 3.63) is 46.6 Å². The largest absolute Gasteiger partial charge is 0.418 e. The fourth-order valence-electron chi connectivity index (χ4n) is 1.01. The van der Waals surface area contributed by atoms with Gasteiger partial charge in [0.1, 0.15) is 4.60 Å². The number of halogens is 4. The first-order chi connectivity index (χ1) is 9.98. The molecule has 0 aliphatic carbocycles. The molecule has 16 heavy (non-hydrogen) atoms. The average Bonchev–Trinajstić information content (AvgIpc) is 2.66. The van der Waals surface area contributed by atoms with Crippen molar-refractivity contribution >= 4 is 15.9 Å². The minimum atomic E-state index is -5.08. The molecule has 6 heteroatoms. The van der Waals surface area contributed by atoms with Crippen molar-refractivity contribution in [1.82, 2.24) is 9.78 Å². The van der Waals surface area contributed by atoms with E-state index in [4.69, 9.17) is 8.22 Å². The smallest absolute Gasteiger partial charge is 0.239 e. The third kappa shape index (κ3) is 2.11. The van der Waals surface area contributed by atoms with Crippen LogP contribution < -0.4 is 0 Å². The van der Waals surface area contributed by atoms with E-state index in [0.29, 0.717) is 4.68 Å². The second-order valence-corrected chi connectivity index (χ2v) is 3.41. The van der Waals surface area contributed by atoms with Crippen molar-refractivity contribution in [3.8, 4) is 5.69 Å². The summed E-state index contributed by atoms with van der Waals surface area (Å²) in [6, 6.07) is -4.69. The lowest BCUT2D eigenvalue weighted by Crippen LogP contribution is -2.10. The first kappa shape index (κ1) is 5.86. The SMILES string of the molecule is [2H]c1c([2H])c([2H])c(C(F)(F)F)c(-n2nc(Br)c([2H])c2[2H])c1[2H]. The fourth-order valence-corrected chi connectivity index (χ4v) is 1.26. The first-order valence-corrected chi connectivity index (χ1v) is 4.67. The van der Waals surface area contributed by atoms with Crippen LogP contribution in [-0.2, 0) is 6.18 Å². The second-order valence-electron chi connectivity index (χ2n) is 2.66. The molecule has 0 aliphatic rings. The van der Waals surface area contributed by atoms with Crippen LogP contribution in [0.3, 0.4) is 0 Å². The molecule has 1 aromatic carbocycles. The number of aromatic nitrogens is 2. The van der Waals surface area contributed by atoms with Gasteiger partial charge < -0.3 is 0 Å². The standard InChI is InChI=1S/C10H6BrF3N2/c11-9-5-6-16(15-9)8-4-2-1-3-7(8)10(12,13)14/h1-6H/i1D,2D,3D,4D,5D,6D. The molecule has 0 amide bonds. The lowest BCUT2D eigenvalue weighted by Gasteiger charge is -2.11. The Hall–Kier alpha value is -1.30. The topological polar surface area (TPSA) is 17.8 Å². The maximum Gasteiger partial charge on any atom is 0.418 e. The van der Waals surface area contributed by atoms with Crippen LogP contribution in [0.25, 0.3) is 5.69 Å². The molecule has 84 valence electrons. The molecule has 1 aromatic heterocycles. The normalized spacial score (nSPS) is 17.0. The molecule has 2 rings (SSSR count). The molecular weight excluding hydrogens is 285 g/mol. The molecule has 1 heterocycles. The number of benzene rings is 1. The second kappa shape index (κ2) is 3.93. The summed E-state index contributed by atoms with van der Waals surface area (Å²) in [4.78, 5) is 0. The van der Waals surface area contributed by atoms with Crippen molar-refractivity contribution in [1.29, 1.82) is 0 Å². The summed E-state index contributed by atoms with van der Waals surface area (Å²) >= 11 is 2.80. The average molecular weight is 297 g/mol. The van der Waals surface area contributed by atoms with Crippen LogP contribution >= 0.6 is 15.9 Å². The Balaban J connectivity index is 3.00. The van der Waals surface area contributed by atoms with Crippen molar-refractivity contribution in [2.45, 2.75) is 6.18 Å². The van der Waals surface area contributed by atoms with E-state index in [1.54, 1.807) is 0 Å². The van der Waals surface area contributed by atoms with Crippen molar-refractivity contribution in [2.24, 2.45) is 0 Å². The summed E-state index contributed by atoms with van der Waals surface area (Å²) in [7, 11) is 0. The van der Waals surface area contributed by atoms with E-state index < -0.39 is 53.8 Å². The van der Waals surface area contributed by atoms with Gasteiger partial charge in [-0.2, -0.15) is 18.3 Å².